The lowest BCUT2D eigenvalue weighted by Gasteiger charge is -2.15. The fourth-order valence-electron chi connectivity index (χ4n) is 1.60. The van der Waals surface area contributed by atoms with Gasteiger partial charge in [0.2, 0.25) is 5.91 Å². The van der Waals surface area contributed by atoms with Gasteiger partial charge in [-0.2, -0.15) is 0 Å². The molecule has 0 heterocycles. The molecule has 0 saturated carbocycles. The molecule has 1 rings (SSSR count). The highest BCUT2D eigenvalue weighted by molar-refractivity contribution is 6.42. The van der Waals surface area contributed by atoms with Crippen LogP contribution in [0, 0.1) is 0 Å². The number of rotatable bonds is 6. The lowest BCUT2D eigenvalue weighted by Crippen LogP contribution is -2.27. The van der Waals surface area contributed by atoms with E-state index < -0.39 is 0 Å². The topological polar surface area (TPSA) is 41.1 Å². The highest BCUT2D eigenvalue weighted by Gasteiger charge is 2.10. The van der Waals surface area contributed by atoms with Gasteiger partial charge in [-0.25, -0.2) is 0 Å². The molecular formula is C13H18Cl2N2O. The second-order valence-electron chi connectivity index (χ2n) is 4.17. The van der Waals surface area contributed by atoms with Crippen molar-refractivity contribution < 1.29 is 4.79 Å². The van der Waals surface area contributed by atoms with Crippen LogP contribution in [0.2, 0.25) is 10.0 Å². The van der Waals surface area contributed by atoms with E-state index in [9.17, 15) is 4.79 Å². The van der Waals surface area contributed by atoms with Crippen molar-refractivity contribution in [2.75, 3.05) is 13.6 Å². The van der Waals surface area contributed by atoms with Gasteiger partial charge in [0.05, 0.1) is 16.1 Å². The molecule has 0 aliphatic heterocycles. The molecule has 0 bridgehead atoms. The monoisotopic (exact) mass is 288 g/mol. The van der Waals surface area contributed by atoms with Crippen LogP contribution in [0.15, 0.2) is 18.2 Å². The van der Waals surface area contributed by atoms with E-state index in [2.05, 4.69) is 10.6 Å². The zero-order valence-electron chi connectivity index (χ0n) is 10.6. The van der Waals surface area contributed by atoms with E-state index in [1.807, 2.05) is 20.0 Å². The highest BCUT2D eigenvalue weighted by atomic mass is 35.5. The van der Waals surface area contributed by atoms with Gasteiger partial charge in [0.25, 0.3) is 0 Å². The number of hydrogen-bond donors (Lipinski definition) is 2. The number of carbonyl (C=O) groups is 1. The van der Waals surface area contributed by atoms with Crippen molar-refractivity contribution in [3.63, 3.8) is 0 Å². The van der Waals surface area contributed by atoms with Gasteiger partial charge < -0.3 is 10.6 Å². The summed E-state index contributed by atoms with van der Waals surface area (Å²) in [5.74, 6) is 0.0452. The Labute approximate surface area is 118 Å². The fourth-order valence-corrected chi connectivity index (χ4v) is 1.91. The minimum Gasteiger partial charge on any atom is -0.350 e. The predicted molar refractivity (Wildman–Crippen MR) is 76.2 cm³/mol. The van der Waals surface area contributed by atoms with Crippen LogP contribution in [0.1, 0.15) is 31.4 Å². The summed E-state index contributed by atoms with van der Waals surface area (Å²) in [6, 6.07) is 5.32. The first-order chi connectivity index (χ1) is 8.54. The smallest absolute Gasteiger partial charge is 0.220 e. The first-order valence-corrected chi connectivity index (χ1v) is 6.69. The summed E-state index contributed by atoms with van der Waals surface area (Å²) in [6.45, 7) is 2.77. The van der Waals surface area contributed by atoms with E-state index in [1.165, 1.54) is 0 Å². The number of benzene rings is 1. The van der Waals surface area contributed by atoms with Crippen molar-refractivity contribution >= 4 is 29.1 Å². The lowest BCUT2D eigenvalue weighted by atomic mass is 10.1. The van der Waals surface area contributed by atoms with Crippen LogP contribution >= 0.6 is 23.2 Å². The van der Waals surface area contributed by atoms with Gasteiger partial charge in [-0.3, -0.25) is 4.79 Å². The Hall–Kier alpha value is -0.770. The Morgan fingerprint density at radius 2 is 2.06 bits per heavy atom. The SMILES string of the molecule is CNCCCC(=O)NC(C)c1ccc(Cl)c(Cl)c1. The molecule has 0 aliphatic rings. The number of halogens is 2. The number of amides is 1. The summed E-state index contributed by atoms with van der Waals surface area (Å²) < 4.78 is 0. The molecule has 3 nitrogen and oxygen atoms in total. The van der Waals surface area contributed by atoms with Crippen molar-refractivity contribution in [1.29, 1.82) is 0 Å². The molecule has 1 amide bonds. The molecule has 0 fully saturated rings. The van der Waals surface area contributed by atoms with Crippen molar-refractivity contribution in [2.45, 2.75) is 25.8 Å². The van der Waals surface area contributed by atoms with E-state index in [1.54, 1.807) is 12.1 Å². The Bertz CT molecular complexity index is 410. The van der Waals surface area contributed by atoms with E-state index in [0.29, 0.717) is 16.5 Å². The van der Waals surface area contributed by atoms with Gasteiger partial charge in [-0.15, -0.1) is 0 Å². The first-order valence-electron chi connectivity index (χ1n) is 5.93. The van der Waals surface area contributed by atoms with Gasteiger partial charge in [0, 0.05) is 6.42 Å². The Kier molecular flexibility index (Phi) is 6.47. The minimum atomic E-state index is -0.0677. The molecule has 0 aromatic heterocycles. The van der Waals surface area contributed by atoms with Gasteiger partial charge >= 0.3 is 0 Å². The van der Waals surface area contributed by atoms with E-state index >= 15 is 0 Å². The van der Waals surface area contributed by atoms with Gasteiger partial charge in [0.1, 0.15) is 0 Å². The molecule has 5 heteroatoms. The number of hydrogen-bond acceptors (Lipinski definition) is 2. The molecule has 0 saturated heterocycles. The molecule has 0 radical (unpaired) electrons. The molecule has 2 N–H and O–H groups in total. The van der Waals surface area contributed by atoms with Gasteiger partial charge in [0.15, 0.2) is 0 Å². The molecule has 1 atom stereocenters. The van der Waals surface area contributed by atoms with E-state index in [4.69, 9.17) is 23.2 Å². The summed E-state index contributed by atoms with van der Waals surface area (Å²) in [5.41, 5.74) is 0.950. The van der Waals surface area contributed by atoms with Crippen LogP contribution in [0.4, 0.5) is 0 Å². The Morgan fingerprint density at radius 1 is 1.33 bits per heavy atom. The quantitative estimate of drug-likeness (QED) is 0.790. The summed E-state index contributed by atoms with van der Waals surface area (Å²) in [4.78, 5) is 11.7. The highest BCUT2D eigenvalue weighted by Crippen LogP contribution is 2.25. The molecule has 0 aliphatic carbocycles. The first kappa shape index (κ1) is 15.3. The van der Waals surface area contributed by atoms with Crippen LogP contribution < -0.4 is 10.6 Å². The predicted octanol–water partition coefficient (Wildman–Crippen LogP) is 3.17. The number of carbonyl (C=O) groups excluding carboxylic acids is 1. The summed E-state index contributed by atoms with van der Waals surface area (Å²) >= 11 is 11.8. The molecule has 100 valence electrons. The third-order valence-electron chi connectivity index (χ3n) is 2.65. The molecule has 1 aromatic rings. The van der Waals surface area contributed by atoms with E-state index in [0.717, 1.165) is 18.5 Å². The van der Waals surface area contributed by atoms with Crippen molar-refractivity contribution in [2.24, 2.45) is 0 Å². The van der Waals surface area contributed by atoms with Crippen LogP contribution in [0.25, 0.3) is 0 Å². The normalized spacial score (nSPS) is 12.2. The van der Waals surface area contributed by atoms with E-state index in [-0.39, 0.29) is 11.9 Å². The second-order valence-corrected chi connectivity index (χ2v) is 4.98. The molecule has 1 aromatic carbocycles. The zero-order chi connectivity index (χ0) is 13.5. The second kappa shape index (κ2) is 7.62. The minimum absolute atomic E-state index is 0.0452. The average molecular weight is 289 g/mol. The van der Waals surface area contributed by atoms with Gasteiger partial charge in [-0.1, -0.05) is 29.3 Å². The van der Waals surface area contributed by atoms with Gasteiger partial charge in [-0.05, 0) is 44.6 Å². The maximum absolute atomic E-state index is 11.7. The average Bonchev–Trinajstić information content (AvgIpc) is 2.33. The Morgan fingerprint density at radius 3 is 2.67 bits per heavy atom. The molecule has 1 unspecified atom stereocenters. The largest absolute Gasteiger partial charge is 0.350 e. The van der Waals surface area contributed by atoms with Crippen molar-refractivity contribution in [1.82, 2.24) is 10.6 Å². The number of nitrogens with one attached hydrogen (secondary N) is 2. The summed E-state index contributed by atoms with van der Waals surface area (Å²) in [6.07, 6.45) is 1.35. The van der Waals surface area contributed by atoms with Crippen LogP contribution in [0.3, 0.4) is 0 Å². The Balaban J connectivity index is 2.51. The third-order valence-corrected chi connectivity index (χ3v) is 3.39. The van der Waals surface area contributed by atoms with Crippen LogP contribution in [0.5, 0.6) is 0 Å². The van der Waals surface area contributed by atoms with Crippen LogP contribution in [-0.2, 0) is 4.79 Å². The molecular weight excluding hydrogens is 271 g/mol. The maximum Gasteiger partial charge on any atom is 0.220 e. The summed E-state index contributed by atoms with van der Waals surface area (Å²) in [7, 11) is 1.87. The summed E-state index contributed by atoms with van der Waals surface area (Å²) in [5, 5.41) is 6.97. The zero-order valence-corrected chi connectivity index (χ0v) is 12.1. The lowest BCUT2D eigenvalue weighted by molar-refractivity contribution is -0.121. The van der Waals surface area contributed by atoms with Crippen molar-refractivity contribution in [3.8, 4) is 0 Å². The third kappa shape index (κ3) is 4.84. The standard InChI is InChI=1S/C13H18Cl2N2O/c1-9(17-13(18)4-3-7-16-2)10-5-6-11(14)12(15)8-10/h5-6,8-9,16H,3-4,7H2,1-2H3,(H,17,18). The molecule has 18 heavy (non-hydrogen) atoms. The molecule has 0 spiro atoms. The van der Waals surface area contributed by atoms with Crippen LogP contribution in [-0.4, -0.2) is 19.5 Å². The fraction of sp³-hybridized carbons (Fsp3) is 0.462. The van der Waals surface area contributed by atoms with Crippen molar-refractivity contribution in [3.05, 3.63) is 33.8 Å². The maximum atomic E-state index is 11.7.